The second-order valence-electron chi connectivity index (χ2n) is 5.86. The highest BCUT2D eigenvalue weighted by molar-refractivity contribution is 8.00. The number of aryl methyl sites for hydroxylation is 1. The molecule has 1 N–H and O–H groups in total. The second-order valence-corrected chi connectivity index (χ2v) is 8.03. The first-order valence-electron chi connectivity index (χ1n) is 8.85. The number of rotatable bonds is 8. The minimum Gasteiger partial charge on any atom is -0.497 e. The number of ether oxygens (including phenoxy) is 2. The molecule has 0 bridgehead atoms. The number of benzene rings is 1. The van der Waals surface area contributed by atoms with Crippen molar-refractivity contribution in [3.63, 3.8) is 0 Å². The SMILES string of the molecule is CCOC(=O)CNC(=O)CSc1nnc(-c2ccc(OC)cc2)c2sc(C)nc12. The molecule has 29 heavy (non-hydrogen) atoms. The number of hydrogen-bond donors (Lipinski definition) is 1. The van der Waals surface area contributed by atoms with Gasteiger partial charge in [0.15, 0.2) is 0 Å². The van der Waals surface area contributed by atoms with E-state index in [1.807, 2.05) is 31.2 Å². The molecule has 0 saturated heterocycles. The molecule has 1 amide bonds. The molecule has 0 spiro atoms. The van der Waals surface area contributed by atoms with Gasteiger partial charge in [-0.2, -0.15) is 0 Å². The number of thiazole rings is 1. The predicted octanol–water partition coefficient (Wildman–Crippen LogP) is 2.84. The molecule has 2 aromatic heterocycles. The number of nitrogens with one attached hydrogen (secondary N) is 1. The van der Waals surface area contributed by atoms with E-state index in [0.717, 1.165) is 32.2 Å². The molecule has 3 aromatic rings. The predicted molar refractivity (Wildman–Crippen MR) is 112 cm³/mol. The van der Waals surface area contributed by atoms with Crippen molar-refractivity contribution in [1.29, 1.82) is 0 Å². The maximum Gasteiger partial charge on any atom is 0.325 e. The summed E-state index contributed by atoms with van der Waals surface area (Å²) >= 11 is 2.76. The highest BCUT2D eigenvalue weighted by Crippen LogP contribution is 2.35. The molecule has 0 unspecified atom stereocenters. The number of esters is 1. The number of hydrogen-bond acceptors (Lipinski definition) is 9. The average molecular weight is 433 g/mol. The fourth-order valence-electron chi connectivity index (χ4n) is 2.52. The fourth-order valence-corrected chi connectivity index (χ4v) is 4.27. The summed E-state index contributed by atoms with van der Waals surface area (Å²) in [7, 11) is 1.62. The summed E-state index contributed by atoms with van der Waals surface area (Å²) in [4.78, 5) is 27.9. The number of amides is 1. The van der Waals surface area contributed by atoms with Crippen LogP contribution in [0, 0.1) is 6.92 Å². The van der Waals surface area contributed by atoms with E-state index in [1.165, 1.54) is 23.1 Å². The summed E-state index contributed by atoms with van der Waals surface area (Å²) in [5.41, 5.74) is 2.37. The third-order valence-electron chi connectivity index (χ3n) is 3.83. The molecular weight excluding hydrogens is 412 g/mol. The number of fused-ring (bicyclic) bond motifs is 1. The van der Waals surface area contributed by atoms with E-state index in [9.17, 15) is 9.59 Å². The zero-order valence-electron chi connectivity index (χ0n) is 16.2. The van der Waals surface area contributed by atoms with E-state index in [-0.39, 0.29) is 24.8 Å². The van der Waals surface area contributed by atoms with Gasteiger partial charge in [0.25, 0.3) is 0 Å². The molecule has 0 aliphatic rings. The van der Waals surface area contributed by atoms with Crippen LogP contribution in [0.4, 0.5) is 0 Å². The molecule has 3 rings (SSSR count). The maximum atomic E-state index is 12.0. The van der Waals surface area contributed by atoms with Crippen LogP contribution in [0.5, 0.6) is 5.75 Å². The summed E-state index contributed by atoms with van der Waals surface area (Å²) < 4.78 is 10.9. The van der Waals surface area contributed by atoms with Crippen LogP contribution in [-0.2, 0) is 14.3 Å². The van der Waals surface area contributed by atoms with E-state index < -0.39 is 5.97 Å². The lowest BCUT2D eigenvalue weighted by Gasteiger charge is -2.07. The smallest absolute Gasteiger partial charge is 0.325 e. The van der Waals surface area contributed by atoms with Gasteiger partial charge >= 0.3 is 5.97 Å². The van der Waals surface area contributed by atoms with Gasteiger partial charge in [0, 0.05) is 5.56 Å². The molecule has 1 aromatic carbocycles. The Hall–Kier alpha value is -2.72. The summed E-state index contributed by atoms with van der Waals surface area (Å²) in [5.74, 6) is 0.109. The van der Waals surface area contributed by atoms with Crippen molar-refractivity contribution >= 4 is 45.2 Å². The van der Waals surface area contributed by atoms with Crippen molar-refractivity contribution in [2.75, 3.05) is 26.0 Å². The fraction of sp³-hybridized carbons (Fsp3) is 0.316. The monoisotopic (exact) mass is 432 g/mol. The van der Waals surface area contributed by atoms with Crippen LogP contribution in [-0.4, -0.2) is 53.1 Å². The summed E-state index contributed by atoms with van der Waals surface area (Å²) in [5, 5.41) is 12.7. The van der Waals surface area contributed by atoms with Crippen LogP contribution in [0.3, 0.4) is 0 Å². The van der Waals surface area contributed by atoms with Gasteiger partial charge < -0.3 is 14.8 Å². The summed E-state index contributed by atoms with van der Waals surface area (Å²) in [6.45, 7) is 3.76. The first-order valence-corrected chi connectivity index (χ1v) is 10.7. The number of thioether (sulfide) groups is 1. The molecular formula is C19H20N4O4S2. The Morgan fingerprint density at radius 2 is 1.97 bits per heavy atom. The Kier molecular flexibility index (Phi) is 6.99. The van der Waals surface area contributed by atoms with Crippen LogP contribution in [0.1, 0.15) is 11.9 Å². The minimum absolute atomic E-state index is 0.0989. The first-order chi connectivity index (χ1) is 14.0. The van der Waals surface area contributed by atoms with E-state index in [0.29, 0.717) is 5.03 Å². The van der Waals surface area contributed by atoms with Gasteiger partial charge in [0.05, 0.1) is 29.2 Å². The lowest BCUT2D eigenvalue weighted by Crippen LogP contribution is -2.31. The Morgan fingerprint density at radius 3 is 2.66 bits per heavy atom. The van der Waals surface area contributed by atoms with Crippen LogP contribution in [0.25, 0.3) is 21.5 Å². The van der Waals surface area contributed by atoms with Gasteiger partial charge in [-0.25, -0.2) is 4.98 Å². The number of aromatic nitrogens is 3. The third kappa shape index (κ3) is 5.21. The average Bonchev–Trinajstić information content (AvgIpc) is 3.12. The van der Waals surface area contributed by atoms with Gasteiger partial charge in [0.1, 0.15) is 28.5 Å². The molecule has 152 valence electrons. The van der Waals surface area contributed by atoms with Crippen LogP contribution in [0.15, 0.2) is 29.3 Å². The topological polar surface area (TPSA) is 103 Å². The van der Waals surface area contributed by atoms with E-state index in [2.05, 4.69) is 20.5 Å². The highest BCUT2D eigenvalue weighted by Gasteiger charge is 2.17. The van der Waals surface area contributed by atoms with E-state index >= 15 is 0 Å². The highest BCUT2D eigenvalue weighted by atomic mass is 32.2. The minimum atomic E-state index is -0.466. The Balaban J connectivity index is 1.76. The van der Waals surface area contributed by atoms with Gasteiger partial charge in [-0.1, -0.05) is 11.8 Å². The van der Waals surface area contributed by atoms with Gasteiger partial charge in [-0.15, -0.1) is 21.5 Å². The molecule has 0 atom stereocenters. The molecule has 0 fully saturated rings. The van der Waals surface area contributed by atoms with Crippen LogP contribution >= 0.6 is 23.1 Å². The zero-order chi connectivity index (χ0) is 20.8. The van der Waals surface area contributed by atoms with Crippen molar-refractivity contribution in [1.82, 2.24) is 20.5 Å². The molecule has 0 radical (unpaired) electrons. The van der Waals surface area contributed by atoms with Crippen molar-refractivity contribution in [2.45, 2.75) is 18.9 Å². The van der Waals surface area contributed by atoms with Gasteiger partial charge in [-0.05, 0) is 38.1 Å². The van der Waals surface area contributed by atoms with E-state index in [4.69, 9.17) is 9.47 Å². The van der Waals surface area contributed by atoms with E-state index in [1.54, 1.807) is 14.0 Å². The first kappa shape index (κ1) is 21.0. The molecule has 10 heteroatoms. The van der Waals surface area contributed by atoms with Gasteiger partial charge in [-0.3, -0.25) is 9.59 Å². The summed E-state index contributed by atoms with van der Waals surface area (Å²) in [6, 6.07) is 7.58. The Labute approximate surface area is 176 Å². The molecule has 2 heterocycles. The summed E-state index contributed by atoms with van der Waals surface area (Å²) in [6.07, 6.45) is 0. The third-order valence-corrected chi connectivity index (χ3v) is 5.76. The van der Waals surface area contributed by atoms with Crippen molar-refractivity contribution in [3.8, 4) is 17.0 Å². The van der Waals surface area contributed by atoms with Crippen molar-refractivity contribution in [2.24, 2.45) is 0 Å². The molecule has 8 nitrogen and oxygen atoms in total. The molecule has 0 aliphatic heterocycles. The van der Waals surface area contributed by atoms with Crippen molar-refractivity contribution < 1.29 is 19.1 Å². The Bertz CT molecular complexity index is 1020. The van der Waals surface area contributed by atoms with Crippen molar-refractivity contribution in [3.05, 3.63) is 29.3 Å². The lowest BCUT2D eigenvalue weighted by molar-refractivity contribution is -0.143. The lowest BCUT2D eigenvalue weighted by atomic mass is 10.1. The second kappa shape index (κ2) is 9.66. The van der Waals surface area contributed by atoms with Gasteiger partial charge in [0.2, 0.25) is 5.91 Å². The zero-order valence-corrected chi connectivity index (χ0v) is 17.9. The quantitative estimate of drug-likeness (QED) is 0.428. The normalized spacial score (nSPS) is 10.7. The standard InChI is InChI=1S/C19H20N4O4S2/c1-4-27-15(25)9-20-14(24)10-28-19-17-18(29-11(2)21-17)16(22-23-19)12-5-7-13(26-3)8-6-12/h5-8H,4,9-10H2,1-3H3,(H,20,24). The van der Waals surface area contributed by atoms with Crippen LogP contribution in [0.2, 0.25) is 0 Å². The largest absolute Gasteiger partial charge is 0.497 e. The number of carbonyl (C=O) groups is 2. The number of methoxy groups -OCH3 is 1. The maximum absolute atomic E-state index is 12.0. The molecule has 0 aliphatic carbocycles. The van der Waals surface area contributed by atoms with Crippen LogP contribution < -0.4 is 10.1 Å². The Morgan fingerprint density at radius 1 is 1.21 bits per heavy atom. The number of carbonyl (C=O) groups excluding carboxylic acids is 2. The number of nitrogens with zero attached hydrogens (tertiary/aromatic N) is 3. The molecule has 0 saturated carbocycles.